The lowest BCUT2D eigenvalue weighted by Gasteiger charge is -2.32. The van der Waals surface area contributed by atoms with Crippen LogP contribution in [0.2, 0.25) is 10.0 Å². The maximum atomic E-state index is 13.8. The molecule has 1 unspecified atom stereocenters. The molecule has 3 aromatic carbocycles. The number of halogens is 2. The smallest absolute Gasteiger partial charge is 0.243 e. The molecule has 0 aromatic heterocycles. The highest BCUT2D eigenvalue weighted by molar-refractivity contribution is 7.99. The van der Waals surface area contributed by atoms with Crippen LogP contribution < -0.4 is 5.32 Å². The summed E-state index contributed by atoms with van der Waals surface area (Å²) in [6.45, 7) is 2.41. The first-order valence-electron chi connectivity index (χ1n) is 13.1. The van der Waals surface area contributed by atoms with E-state index in [2.05, 4.69) is 11.4 Å². The first kappa shape index (κ1) is 28.5. The molecule has 1 aliphatic rings. The lowest BCUT2D eigenvalue weighted by molar-refractivity contribution is -0.139. The minimum absolute atomic E-state index is 0.0657. The maximum absolute atomic E-state index is 13.8. The van der Waals surface area contributed by atoms with E-state index in [1.54, 1.807) is 17.0 Å². The third-order valence-corrected chi connectivity index (χ3v) is 8.46. The summed E-state index contributed by atoms with van der Waals surface area (Å²) in [5.74, 6) is 0.682. The molecule has 0 bridgehead atoms. The summed E-state index contributed by atoms with van der Waals surface area (Å²) in [4.78, 5) is 29.3. The Hall–Kier alpha value is -2.47. The lowest BCUT2D eigenvalue weighted by Crippen LogP contribution is -2.52. The molecule has 0 heterocycles. The van der Waals surface area contributed by atoms with Gasteiger partial charge in [0, 0.05) is 34.8 Å². The van der Waals surface area contributed by atoms with Crippen molar-refractivity contribution in [2.75, 3.05) is 5.75 Å². The predicted octanol–water partition coefficient (Wildman–Crippen LogP) is 7.23. The number of benzene rings is 3. The number of carbonyl (C=O) groups excluding carboxylic acids is 2. The molecule has 0 spiro atoms. The Bertz CT molecular complexity index is 1230. The van der Waals surface area contributed by atoms with Crippen LogP contribution >= 0.6 is 35.0 Å². The summed E-state index contributed by atoms with van der Waals surface area (Å²) in [6, 6.07) is 23.1. The SMILES string of the molecule is Cc1cccc(CN(C(=O)CSCc2ccc(Cl)cc2Cl)C(Cc2ccccc2)C(=O)NC2CCCC2)c1. The molecule has 0 saturated heterocycles. The number of hydrogen-bond acceptors (Lipinski definition) is 3. The van der Waals surface area contributed by atoms with Gasteiger partial charge in [0.1, 0.15) is 6.04 Å². The Labute approximate surface area is 240 Å². The molecule has 200 valence electrons. The van der Waals surface area contributed by atoms with E-state index in [0.29, 0.717) is 28.8 Å². The third-order valence-electron chi connectivity index (χ3n) is 6.91. The molecule has 2 amide bonds. The number of nitrogens with zero attached hydrogens (tertiary/aromatic N) is 1. The topological polar surface area (TPSA) is 49.4 Å². The summed E-state index contributed by atoms with van der Waals surface area (Å²) in [5, 5.41) is 4.43. The number of amides is 2. The number of rotatable bonds is 11. The molecular weight excluding hydrogens is 535 g/mol. The van der Waals surface area contributed by atoms with E-state index in [4.69, 9.17) is 23.2 Å². The quantitative estimate of drug-likeness (QED) is 0.265. The van der Waals surface area contributed by atoms with Gasteiger partial charge in [0.15, 0.2) is 0 Å². The Morgan fingerprint density at radius 1 is 0.974 bits per heavy atom. The van der Waals surface area contributed by atoms with E-state index < -0.39 is 6.04 Å². The van der Waals surface area contributed by atoms with Crippen LogP contribution in [0.3, 0.4) is 0 Å². The highest BCUT2D eigenvalue weighted by Crippen LogP contribution is 2.26. The standard InChI is InChI=1S/C31H34Cl2N2O2S/c1-22-8-7-11-24(16-22)19-35(30(36)21-38-20-25-14-15-26(32)18-28(25)33)29(17-23-9-3-2-4-10-23)31(37)34-27-12-5-6-13-27/h2-4,7-11,14-16,18,27,29H,5-6,12-13,17,19-21H2,1H3,(H,34,37). The molecule has 1 saturated carbocycles. The van der Waals surface area contributed by atoms with E-state index in [1.807, 2.05) is 61.5 Å². The zero-order valence-corrected chi connectivity index (χ0v) is 24.0. The zero-order chi connectivity index (χ0) is 26.9. The van der Waals surface area contributed by atoms with Gasteiger partial charge in [-0.1, -0.05) is 102 Å². The van der Waals surface area contributed by atoms with Crippen LogP contribution in [-0.2, 0) is 28.3 Å². The normalized spacial score (nSPS) is 14.3. The zero-order valence-electron chi connectivity index (χ0n) is 21.7. The van der Waals surface area contributed by atoms with Crippen molar-refractivity contribution in [3.63, 3.8) is 0 Å². The van der Waals surface area contributed by atoms with E-state index in [9.17, 15) is 9.59 Å². The Morgan fingerprint density at radius 2 is 1.71 bits per heavy atom. The fourth-order valence-electron chi connectivity index (χ4n) is 4.90. The first-order chi connectivity index (χ1) is 18.4. The van der Waals surface area contributed by atoms with Crippen LogP contribution in [0.15, 0.2) is 72.8 Å². The van der Waals surface area contributed by atoms with Crippen molar-refractivity contribution >= 4 is 46.8 Å². The third kappa shape index (κ3) is 8.26. The monoisotopic (exact) mass is 568 g/mol. The summed E-state index contributed by atoms with van der Waals surface area (Å²) >= 11 is 13.9. The fraction of sp³-hybridized carbons (Fsp3) is 0.355. The van der Waals surface area contributed by atoms with E-state index in [-0.39, 0.29) is 23.6 Å². The molecule has 38 heavy (non-hydrogen) atoms. The first-order valence-corrected chi connectivity index (χ1v) is 15.0. The second-order valence-corrected chi connectivity index (χ2v) is 11.8. The van der Waals surface area contributed by atoms with Gasteiger partial charge in [-0.05, 0) is 48.6 Å². The van der Waals surface area contributed by atoms with Crippen molar-refractivity contribution < 1.29 is 9.59 Å². The van der Waals surface area contributed by atoms with Crippen LogP contribution in [0.5, 0.6) is 0 Å². The molecule has 1 aliphatic carbocycles. The molecule has 1 atom stereocenters. The summed E-state index contributed by atoms with van der Waals surface area (Å²) in [7, 11) is 0. The number of nitrogens with one attached hydrogen (secondary N) is 1. The number of carbonyl (C=O) groups is 2. The maximum Gasteiger partial charge on any atom is 0.243 e. The minimum Gasteiger partial charge on any atom is -0.352 e. The molecule has 1 fully saturated rings. The van der Waals surface area contributed by atoms with Gasteiger partial charge in [-0.2, -0.15) is 0 Å². The Kier molecular flexibility index (Phi) is 10.6. The van der Waals surface area contributed by atoms with Crippen molar-refractivity contribution in [1.82, 2.24) is 10.2 Å². The number of hydrogen-bond donors (Lipinski definition) is 1. The molecule has 4 nitrogen and oxygen atoms in total. The van der Waals surface area contributed by atoms with Crippen LogP contribution in [0.25, 0.3) is 0 Å². The van der Waals surface area contributed by atoms with Gasteiger partial charge in [-0.25, -0.2) is 0 Å². The number of thioether (sulfide) groups is 1. The minimum atomic E-state index is -0.606. The van der Waals surface area contributed by atoms with Crippen molar-refractivity contribution in [1.29, 1.82) is 0 Å². The van der Waals surface area contributed by atoms with Crippen molar-refractivity contribution in [3.8, 4) is 0 Å². The lowest BCUT2D eigenvalue weighted by atomic mass is 10.0. The van der Waals surface area contributed by atoms with E-state index >= 15 is 0 Å². The van der Waals surface area contributed by atoms with Crippen LogP contribution in [0.4, 0.5) is 0 Å². The molecule has 3 aromatic rings. The average Bonchev–Trinajstić information content (AvgIpc) is 3.41. The van der Waals surface area contributed by atoms with Crippen molar-refractivity contribution in [2.45, 2.75) is 63.4 Å². The van der Waals surface area contributed by atoms with Crippen LogP contribution in [0.1, 0.15) is 47.9 Å². The molecule has 0 aliphatic heterocycles. The van der Waals surface area contributed by atoms with E-state index in [1.165, 1.54) is 11.8 Å². The van der Waals surface area contributed by atoms with Gasteiger partial charge in [0.25, 0.3) is 0 Å². The Balaban J connectivity index is 1.57. The second-order valence-electron chi connectivity index (χ2n) is 9.93. The highest BCUT2D eigenvalue weighted by atomic mass is 35.5. The molecular formula is C31H34Cl2N2O2S. The predicted molar refractivity (Wildman–Crippen MR) is 159 cm³/mol. The van der Waals surface area contributed by atoms with Crippen molar-refractivity contribution in [2.24, 2.45) is 0 Å². The van der Waals surface area contributed by atoms with Gasteiger partial charge in [0.05, 0.1) is 5.75 Å². The van der Waals surface area contributed by atoms with E-state index in [0.717, 1.165) is 47.9 Å². The summed E-state index contributed by atoms with van der Waals surface area (Å²) < 4.78 is 0. The second kappa shape index (κ2) is 14.1. The fourth-order valence-corrected chi connectivity index (χ4v) is 6.37. The van der Waals surface area contributed by atoms with Gasteiger partial charge >= 0.3 is 0 Å². The molecule has 0 radical (unpaired) electrons. The van der Waals surface area contributed by atoms with Gasteiger partial charge in [-0.3, -0.25) is 9.59 Å². The molecule has 7 heteroatoms. The summed E-state index contributed by atoms with van der Waals surface area (Å²) in [5.41, 5.74) is 4.09. The molecule has 1 N–H and O–H groups in total. The summed E-state index contributed by atoms with van der Waals surface area (Å²) in [6.07, 6.45) is 4.71. The Morgan fingerprint density at radius 3 is 2.42 bits per heavy atom. The van der Waals surface area contributed by atoms with Crippen molar-refractivity contribution in [3.05, 3.63) is 105 Å². The largest absolute Gasteiger partial charge is 0.352 e. The average molecular weight is 570 g/mol. The van der Waals surface area contributed by atoms with Crippen LogP contribution in [0, 0.1) is 6.92 Å². The highest BCUT2D eigenvalue weighted by Gasteiger charge is 2.32. The van der Waals surface area contributed by atoms with Gasteiger partial charge in [0.2, 0.25) is 11.8 Å². The molecule has 4 rings (SSSR count). The van der Waals surface area contributed by atoms with Crippen LogP contribution in [-0.4, -0.2) is 34.6 Å². The van der Waals surface area contributed by atoms with Gasteiger partial charge < -0.3 is 10.2 Å². The van der Waals surface area contributed by atoms with Gasteiger partial charge in [-0.15, -0.1) is 11.8 Å². The number of aryl methyl sites for hydroxylation is 1.